The summed E-state index contributed by atoms with van der Waals surface area (Å²) in [6.07, 6.45) is 2.45. The second-order valence-electron chi connectivity index (χ2n) is 10.2. The number of nitrogens with one attached hydrogen (secondary N) is 1. The van der Waals surface area contributed by atoms with Crippen LogP contribution in [-0.4, -0.2) is 27.3 Å². The highest BCUT2D eigenvalue weighted by molar-refractivity contribution is 6.24. The van der Waals surface area contributed by atoms with Crippen molar-refractivity contribution in [1.82, 2.24) is 9.97 Å². The van der Waals surface area contributed by atoms with E-state index < -0.39 is 5.60 Å². The van der Waals surface area contributed by atoms with E-state index in [-0.39, 0.29) is 0 Å². The molecule has 0 unspecified atom stereocenters. The average molecular weight is 487 g/mol. The molecule has 4 N–H and O–H groups in total. The van der Waals surface area contributed by atoms with Gasteiger partial charge in [-0.25, -0.2) is 4.98 Å². The van der Waals surface area contributed by atoms with E-state index in [9.17, 15) is 10.4 Å². The minimum atomic E-state index is -1.09. The van der Waals surface area contributed by atoms with Gasteiger partial charge >= 0.3 is 0 Å². The van der Waals surface area contributed by atoms with E-state index >= 15 is 0 Å². The predicted molar refractivity (Wildman–Crippen MR) is 147 cm³/mol. The number of hydrogen-bond donors (Lipinski definition) is 3. The molecule has 1 fully saturated rings. The first-order valence-electron chi connectivity index (χ1n) is 12.4. The van der Waals surface area contributed by atoms with Crippen LogP contribution in [0, 0.1) is 29.1 Å². The number of hydrogen-bond acceptors (Lipinski definition) is 5. The van der Waals surface area contributed by atoms with Gasteiger partial charge in [0.15, 0.2) is 0 Å². The Balaban J connectivity index is 1.62. The van der Waals surface area contributed by atoms with E-state index in [0.717, 1.165) is 50.5 Å². The number of H-pyrrole nitrogens is 1. The number of nitrogens with zero attached hydrogens (tertiary/aromatic N) is 2. The van der Waals surface area contributed by atoms with Crippen molar-refractivity contribution >= 4 is 38.3 Å². The van der Waals surface area contributed by atoms with Crippen LogP contribution in [0.25, 0.3) is 44.0 Å². The summed E-state index contributed by atoms with van der Waals surface area (Å²) in [5.41, 5.74) is 9.22. The highest BCUT2D eigenvalue weighted by atomic mass is 16.5. The van der Waals surface area contributed by atoms with Gasteiger partial charge in [-0.2, -0.15) is 5.26 Å². The lowest BCUT2D eigenvalue weighted by Gasteiger charge is -2.10. The summed E-state index contributed by atoms with van der Waals surface area (Å²) in [4.78, 5) is 8.40. The maximum Gasteiger partial charge on any atom is 0.141 e. The molecule has 5 aromatic rings. The Kier molecular flexibility index (Phi) is 5.30. The first-order valence-corrected chi connectivity index (χ1v) is 12.4. The molecular formula is C31H26N4O2. The number of imidazole rings is 1. The lowest BCUT2D eigenvalue weighted by Crippen LogP contribution is -2.14. The second-order valence-corrected chi connectivity index (χ2v) is 10.2. The van der Waals surface area contributed by atoms with Gasteiger partial charge in [-0.3, -0.25) is 0 Å². The zero-order valence-electron chi connectivity index (χ0n) is 20.7. The standard InChI is InChI=1S/C31H26N4O2/c1-31(2,36)13-12-18-8-10-22-24(14-18)25-15-21(37-17-19-6-7-19)9-11-23(25)29-28(22)34-30(35-29)27-20(16-32)4-3-5-26(27)33/h3-5,8-11,14-15,19,36H,6-7,17,33H2,1-2H3,(H,34,35). The van der Waals surface area contributed by atoms with Crippen molar-refractivity contribution < 1.29 is 9.84 Å². The van der Waals surface area contributed by atoms with Gasteiger partial charge in [-0.05, 0) is 85.8 Å². The van der Waals surface area contributed by atoms with Crippen LogP contribution in [0.2, 0.25) is 0 Å². The number of aliphatic hydroxyl groups is 1. The summed E-state index contributed by atoms with van der Waals surface area (Å²) in [5.74, 6) is 8.02. The Morgan fingerprint density at radius 1 is 1.08 bits per heavy atom. The van der Waals surface area contributed by atoms with Gasteiger partial charge in [-0.1, -0.05) is 24.0 Å². The molecule has 37 heavy (non-hydrogen) atoms. The molecule has 0 spiro atoms. The smallest absolute Gasteiger partial charge is 0.141 e. The van der Waals surface area contributed by atoms with Crippen molar-refractivity contribution in [2.45, 2.75) is 32.3 Å². The highest BCUT2D eigenvalue weighted by Crippen LogP contribution is 2.39. The summed E-state index contributed by atoms with van der Waals surface area (Å²) in [7, 11) is 0. The Hall–Kier alpha value is -4.52. The van der Waals surface area contributed by atoms with Crippen molar-refractivity contribution in [1.29, 1.82) is 5.26 Å². The molecule has 0 atom stereocenters. The Labute approximate surface area is 214 Å². The quantitative estimate of drug-likeness (QED) is 0.166. The molecule has 4 aromatic carbocycles. The summed E-state index contributed by atoms with van der Waals surface area (Å²) in [6.45, 7) is 4.06. The number of ether oxygens (including phenoxy) is 1. The van der Waals surface area contributed by atoms with Crippen LogP contribution in [-0.2, 0) is 0 Å². The molecular weight excluding hydrogens is 460 g/mol. The van der Waals surface area contributed by atoms with Crippen molar-refractivity contribution in [3.05, 3.63) is 65.7 Å². The zero-order chi connectivity index (χ0) is 25.7. The third kappa shape index (κ3) is 4.33. The molecule has 0 radical (unpaired) electrons. The number of fused-ring (bicyclic) bond motifs is 6. The third-order valence-corrected chi connectivity index (χ3v) is 6.68. The van der Waals surface area contributed by atoms with Crippen LogP contribution in [0.1, 0.15) is 37.8 Å². The third-order valence-electron chi connectivity index (χ3n) is 6.68. The lowest BCUT2D eigenvalue weighted by atomic mass is 9.97. The molecule has 0 aliphatic heterocycles. The number of nitrogen functional groups attached to an aromatic ring is 1. The first kappa shape index (κ1) is 22.9. The Morgan fingerprint density at radius 3 is 2.62 bits per heavy atom. The maximum absolute atomic E-state index is 10.1. The molecule has 0 saturated heterocycles. The largest absolute Gasteiger partial charge is 0.493 e. The number of aromatic nitrogens is 2. The molecule has 1 aliphatic rings. The van der Waals surface area contributed by atoms with E-state index in [4.69, 9.17) is 15.5 Å². The van der Waals surface area contributed by atoms with Crippen molar-refractivity contribution in [3.63, 3.8) is 0 Å². The number of nitrogens with two attached hydrogens (primary N) is 1. The number of nitriles is 1. The van der Waals surface area contributed by atoms with Gasteiger partial charge in [0.05, 0.1) is 34.8 Å². The zero-order valence-corrected chi connectivity index (χ0v) is 20.7. The van der Waals surface area contributed by atoms with Crippen LogP contribution in [0.5, 0.6) is 5.75 Å². The van der Waals surface area contributed by atoms with E-state index in [1.807, 2.05) is 30.3 Å². The van der Waals surface area contributed by atoms with Crippen molar-refractivity contribution in [3.8, 4) is 35.0 Å². The number of rotatable bonds is 4. The topological polar surface area (TPSA) is 108 Å². The number of aromatic amines is 1. The van der Waals surface area contributed by atoms with Gasteiger partial charge < -0.3 is 20.6 Å². The fourth-order valence-electron chi connectivity index (χ4n) is 4.64. The summed E-state index contributed by atoms with van der Waals surface area (Å²) in [5, 5.41) is 23.7. The molecule has 1 saturated carbocycles. The van der Waals surface area contributed by atoms with E-state index in [1.165, 1.54) is 12.8 Å². The Morgan fingerprint density at radius 2 is 1.86 bits per heavy atom. The van der Waals surface area contributed by atoms with E-state index in [2.05, 4.69) is 29.0 Å². The molecule has 182 valence electrons. The summed E-state index contributed by atoms with van der Waals surface area (Å²) >= 11 is 0. The number of anilines is 1. The molecule has 1 aromatic heterocycles. The van der Waals surface area contributed by atoms with Crippen LogP contribution in [0.4, 0.5) is 5.69 Å². The van der Waals surface area contributed by atoms with Crippen molar-refractivity contribution in [2.24, 2.45) is 5.92 Å². The predicted octanol–water partition coefficient (Wildman–Crippen LogP) is 5.90. The van der Waals surface area contributed by atoms with Crippen molar-refractivity contribution in [2.75, 3.05) is 12.3 Å². The van der Waals surface area contributed by atoms with Gasteiger partial charge in [0.2, 0.25) is 0 Å². The minimum Gasteiger partial charge on any atom is -0.493 e. The Bertz CT molecular complexity index is 1810. The van der Waals surface area contributed by atoms with Gasteiger partial charge in [0, 0.05) is 22.0 Å². The second kappa shape index (κ2) is 8.55. The van der Waals surface area contributed by atoms with Crippen LogP contribution in [0.3, 0.4) is 0 Å². The van der Waals surface area contributed by atoms with E-state index in [0.29, 0.717) is 28.6 Å². The lowest BCUT2D eigenvalue weighted by molar-refractivity contribution is 0.143. The normalized spacial score (nSPS) is 13.5. The highest BCUT2D eigenvalue weighted by Gasteiger charge is 2.22. The molecule has 6 heteroatoms. The monoisotopic (exact) mass is 486 g/mol. The SMILES string of the molecule is CC(C)(O)C#Cc1ccc2c(c1)c1cc(OCC3CC3)ccc1c1nc(-c3c(N)cccc3C#N)[nH]c21. The maximum atomic E-state index is 10.1. The molecule has 0 bridgehead atoms. The molecule has 6 nitrogen and oxygen atoms in total. The molecule has 1 heterocycles. The average Bonchev–Trinajstić information content (AvgIpc) is 3.61. The van der Waals surface area contributed by atoms with Crippen LogP contribution < -0.4 is 10.5 Å². The molecule has 1 aliphatic carbocycles. The van der Waals surface area contributed by atoms with E-state index in [1.54, 1.807) is 32.0 Å². The minimum absolute atomic E-state index is 0.465. The van der Waals surface area contributed by atoms with Crippen LogP contribution >= 0.6 is 0 Å². The van der Waals surface area contributed by atoms with Gasteiger partial charge in [-0.15, -0.1) is 0 Å². The molecule has 0 amide bonds. The number of benzene rings is 4. The van der Waals surface area contributed by atoms with Gasteiger partial charge in [0.1, 0.15) is 17.2 Å². The first-order chi connectivity index (χ1) is 17.8. The van der Waals surface area contributed by atoms with Crippen LogP contribution in [0.15, 0.2) is 54.6 Å². The fourth-order valence-corrected chi connectivity index (χ4v) is 4.64. The fraction of sp³-hybridized carbons (Fsp3) is 0.226. The van der Waals surface area contributed by atoms with Gasteiger partial charge in [0.25, 0.3) is 0 Å². The molecule has 6 rings (SSSR count). The summed E-state index contributed by atoms with van der Waals surface area (Å²) in [6, 6.07) is 19.6. The summed E-state index contributed by atoms with van der Waals surface area (Å²) < 4.78 is 6.10.